The molecule has 0 saturated carbocycles. The molecule has 3 heterocycles. The van der Waals surface area contributed by atoms with E-state index in [2.05, 4.69) is 49.2 Å². The number of nitrogens with one attached hydrogen (secondary N) is 1. The number of rotatable bonds is 6. The van der Waals surface area contributed by atoms with Crippen molar-refractivity contribution in [3.05, 3.63) is 90.4 Å². The van der Waals surface area contributed by atoms with Crippen molar-refractivity contribution in [3.63, 3.8) is 0 Å². The Hall–Kier alpha value is -3.64. The lowest BCUT2D eigenvalue weighted by Crippen LogP contribution is -2.10. The Morgan fingerprint density at radius 1 is 1.06 bits per heavy atom. The molecule has 0 atom stereocenters. The van der Waals surface area contributed by atoms with Crippen molar-refractivity contribution in [2.24, 2.45) is 0 Å². The molecule has 1 N–H and O–H groups in total. The molecule has 7 heteroatoms. The standard InChI is InChI=1S/C24H21ClN6/c1-17-7-8-19(13-21(17)25)31-14-20(18-5-3-2-4-6-18)22-23(28-15-29-24(22)31)27-10-12-30-11-9-26-16-30/h2-9,11,13-16H,10,12H2,1H3,(H,27,28,29). The quantitative estimate of drug-likeness (QED) is 0.395. The van der Waals surface area contributed by atoms with Gasteiger partial charge in [0.25, 0.3) is 0 Å². The Morgan fingerprint density at radius 2 is 1.94 bits per heavy atom. The van der Waals surface area contributed by atoms with Crippen molar-refractivity contribution < 1.29 is 0 Å². The average Bonchev–Trinajstić information content (AvgIpc) is 3.45. The summed E-state index contributed by atoms with van der Waals surface area (Å²) in [6.45, 7) is 3.51. The van der Waals surface area contributed by atoms with Gasteiger partial charge in [-0.3, -0.25) is 0 Å². The largest absolute Gasteiger partial charge is 0.368 e. The lowest BCUT2D eigenvalue weighted by molar-refractivity contribution is 0.725. The van der Waals surface area contributed by atoms with E-state index in [0.717, 1.165) is 57.3 Å². The first-order valence-electron chi connectivity index (χ1n) is 10.1. The lowest BCUT2D eigenvalue weighted by Gasteiger charge is -2.09. The zero-order valence-electron chi connectivity index (χ0n) is 17.0. The number of halogens is 1. The van der Waals surface area contributed by atoms with Crippen LogP contribution in [0.1, 0.15) is 5.56 Å². The normalized spacial score (nSPS) is 11.2. The Morgan fingerprint density at radius 3 is 2.71 bits per heavy atom. The van der Waals surface area contributed by atoms with Crippen LogP contribution in [0.15, 0.2) is 79.8 Å². The van der Waals surface area contributed by atoms with E-state index < -0.39 is 0 Å². The van der Waals surface area contributed by atoms with Crippen LogP contribution in [0.25, 0.3) is 27.8 Å². The van der Waals surface area contributed by atoms with Crippen LogP contribution in [0.4, 0.5) is 5.82 Å². The molecule has 154 valence electrons. The van der Waals surface area contributed by atoms with Crippen LogP contribution in [-0.4, -0.2) is 30.6 Å². The Kier molecular flexibility index (Phi) is 5.14. The molecule has 0 amide bonds. The molecule has 6 nitrogen and oxygen atoms in total. The fourth-order valence-corrected chi connectivity index (χ4v) is 3.86. The molecular formula is C24H21ClN6. The third kappa shape index (κ3) is 3.78. The van der Waals surface area contributed by atoms with Crippen LogP contribution in [0.5, 0.6) is 0 Å². The Labute approximate surface area is 185 Å². The number of hydrogen-bond donors (Lipinski definition) is 1. The molecule has 0 bridgehead atoms. The van der Waals surface area contributed by atoms with Gasteiger partial charge in [-0.05, 0) is 30.2 Å². The summed E-state index contributed by atoms with van der Waals surface area (Å²) in [5.74, 6) is 0.806. The molecular weight excluding hydrogens is 408 g/mol. The summed E-state index contributed by atoms with van der Waals surface area (Å²) in [6.07, 6.45) is 9.25. The molecule has 0 aliphatic heterocycles. The second-order valence-electron chi connectivity index (χ2n) is 7.36. The number of aromatic nitrogens is 5. The number of hydrogen-bond acceptors (Lipinski definition) is 4. The molecule has 0 fully saturated rings. The van der Waals surface area contributed by atoms with Gasteiger partial charge in [-0.15, -0.1) is 0 Å². The van der Waals surface area contributed by atoms with Gasteiger partial charge in [0.15, 0.2) is 5.65 Å². The maximum absolute atomic E-state index is 6.42. The van der Waals surface area contributed by atoms with Gasteiger partial charge < -0.3 is 14.5 Å². The van der Waals surface area contributed by atoms with Crippen molar-refractivity contribution in [2.75, 3.05) is 11.9 Å². The number of aryl methyl sites for hydroxylation is 1. The highest BCUT2D eigenvalue weighted by atomic mass is 35.5. The first-order chi connectivity index (χ1) is 15.2. The second-order valence-corrected chi connectivity index (χ2v) is 7.77. The third-order valence-corrected chi connectivity index (χ3v) is 5.73. The van der Waals surface area contributed by atoms with E-state index in [4.69, 9.17) is 11.6 Å². The van der Waals surface area contributed by atoms with Crippen LogP contribution in [0, 0.1) is 6.92 Å². The van der Waals surface area contributed by atoms with Gasteiger partial charge in [0, 0.05) is 48.0 Å². The predicted octanol–water partition coefficient (Wildman–Crippen LogP) is 5.36. The van der Waals surface area contributed by atoms with Crippen LogP contribution in [-0.2, 0) is 6.54 Å². The highest BCUT2D eigenvalue weighted by molar-refractivity contribution is 6.31. The van der Waals surface area contributed by atoms with Crippen LogP contribution in [0.3, 0.4) is 0 Å². The molecule has 2 aromatic carbocycles. The molecule has 0 radical (unpaired) electrons. The molecule has 3 aromatic heterocycles. The monoisotopic (exact) mass is 428 g/mol. The predicted molar refractivity (Wildman–Crippen MR) is 125 cm³/mol. The smallest absolute Gasteiger partial charge is 0.150 e. The first kappa shape index (κ1) is 19.3. The third-order valence-electron chi connectivity index (χ3n) is 5.32. The van der Waals surface area contributed by atoms with Crippen LogP contribution in [0.2, 0.25) is 5.02 Å². The highest BCUT2D eigenvalue weighted by Gasteiger charge is 2.17. The van der Waals surface area contributed by atoms with Gasteiger partial charge in [0.1, 0.15) is 12.1 Å². The number of anilines is 1. The molecule has 31 heavy (non-hydrogen) atoms. The minimum atomic E-state index is 0.720. The van der Waals surface area contributed by atoms with E-state index in [1.807, 2.05) is 54.3 Å². The van der Waals surface area contributed by atoms with Gasteiger partial charge in [0.2, 0.25) is 0 Å². The molecule has 5 aromatic rings. The van der Waals surface area contributed by atoms with Gasteiger partial charge in [-0.25, -0.2) is 15.0 Å². The van der Waals surface area contributed by atoms with E-state index in [0.29, 0.717) is 0 Å². The topological polar surface area (TPSA) is 60.6 Å². The zero-order valence-corrected chi connectivity index (χ0v) is 17.8. The fraction of sp³-hybridized carbons (Fsp3) is 0.125. The van der Waals surface area contributed by atoms with E-state index >= 15 is 0 Å². The zero-order chi connectivity index (χ0) is 21.2. The number of imidazole rings is 1. The summed E-state index contributed by atoms with van der Waals surface area (Å²) in [4.78, 5) is 13.3. The SMILES string of the molecule is Cc1ccc(-n2cc(-c3ccccc3)c3c(NCCn4ccnc4)ncnc32)cc1Cl. The highest BCUT2D eigenvalue weighted by Crippen LogP contribution is 2.35. The maximum atomic E-state index is 6.42. The number of nitrogens with zero attached hydrogens (tertiary/aromatic N) is 5. The second kappa shape index (κ2) is 8.24. The van der Waals surface area contributed by atoms with E-state index in [-0.39, 0.29) is 0 Å². The van der Waals surface area contributed by atoms with Crippen LogP contribution >= 0.6 is 11.6 Å². The Bertz CT molecular complexity index is 1330. The molecule has 0 spiro atoms. The van der Waals surface area contributed by atoms with E-state index in [1.54, 1.807) is 12.5 Å². The lowest BCUT2D eigenvalue weighted by atomic mass is 10.1. The van der Waals surface area contributed by atoms with Gasteiger partial charge in [0.05, 0.1) is 11.7 Å². The first-order valence-corrected chi connectivity index (χ1v) is 10.5. The van der Waals surface area contributed by atoms with Crippen molar-refractivity contribution in [3.8, 4) is 16.8 Å². The minimum Gasteiger partial charge on any atom is -0.368 e. The summed E-state index contributed by atoms with van der Waals surface area (Å²) < 4.78 is 4.11. The summed E-state index contributed by atoms with van der Waals surface area (Å²) in [7, 11) is 0. The van der Waals surface area contributed by atoms with Crippen molar-refractivity contribution in [1.82, 2.24) is 24.1 Å². The maximum Gasteiger partial charge on any atom is 0.150 e. The van der Waals surface area contributed by atoms with E-state index in [1.165, 1.54) is 0 Å². The van der Waals surface area contributed by atoms with E-state index in [9.17, 15) is 0 Å². The fourth-order valence-electron chi connectivity index (χ4n) is 3.68. The van der Waals surface area contributed by atoms with Gasteiger partial charge in [-0.1, -0.05) is 48.0 Å². The van der Waals surface area contributed by atoms with Gasteiger partial charge in [-0.2, -0.15) is 0 Å². The van der Waals surface area contributed by atoms with Crippen molar-refractivity contribution >= 4 is 28.5 Å². The Balaban J connectivity index is 1.62. The van der Waals surface area contributed by atoms with Crippen molar-refractivity contribution in [1.29, 1.82) is 0 Å². The number of fused-ring (bicyclic) bond motifs is 1. The van der Waals surface area contributed by atoms with Crippen LogP contribution < -0.4 is 5.32 Å². The molecule has 0 aliphatic carbocycles. The summed E-state index contributed by atoms with van der Waals surface area (Å²) in [5.41, 5.74) is 5.02. The minimum absolute atomic E-state index is 0.720. The average molecular weight is 429 g/mol. The number of benzene rings is 2. The molecule has 0 aliphatic rings. The molecule has 5 rings (SSSR count). The molecule has 0 unspecified atom stereocenters. The molecule has 0 saturated heterocycles. The summed E-state index contributed by atoms with van der Waals surface area (Å²) in [6, 6.07) is 16.4. The van der Waals surface area contributed by atoms with Crippen molar-refractivity contribution in [2.45, 2.75) is 13.5 Å². The van der Waals surface area contributed by atoms with Gasteiger partial charge >= 0.3 is 0 Å². The summed E-state index contributed by atoms with van der Waals surface area (Å²) in [5, 5.41) is 5.19. The summed E-state index contributed by atoms with van der Waals surface area (Å²) >= 11 is 6.42.